The van der Waals surface area contributed by atoms with Gasteiger partial charge in [0.25, 0.3) is 0 Å². The summed E-state index contributed by atoms with van der Waals surface area (Å²) < 4.78 is 35.3. The Bertz CT molecular complexity index is 501. The Morgan fingerprint density at radius 1 is 1.26 bits per heavy atom. The van der Waals surface area contributed by atoms with Gasteiger partial charge in [0.1, 0.15) is 15.7 Å². The fourth-order valence-corrected chi connectivity index (χ4v) is 3.67. The van der Waals surface area contributed by atoms with Crippen LogP contribution in [0.4, 0.5) is 4.39 Å². The molecule has 19 heavy (non-hydrogen) atoms. The third kappa shape index (κ3) is 4.26. The van der Waals surface area contributed by atoms with Crippen molar-refractivity contribution in [2.75, 3.05) is 18.1 Å². The molecule has 0 saturated carbocycles. The van der Waals surface area contributed by atoms with Gasteiger partial charge in [0.05, 0.1) is 17.6 Å². The predicted molar refractivity (Wildman–Crippen MR) is 71.0 cm³/mol. The number of benzene rings is 1. The minimum atomic E-state index is -2.86. The van der Waals surface area contributed by atoms with Gasteiger partial charge in [0.2, 0.25) is 0 Å². The number of halogens is 1. The van der Waals surface area contributed by atoms with E-state index in [4.69, 9.17) is 0 Å². The Morgan fingerprint density at radius 2 is 1.84 bits per heavy atom. The highest BCUT2D eigenvalue weighted by atomic mass is 32.2. The number of nitrogens with one attached hydrogen (secondary N) is 1. The third-order valence-electron chi connectivity index (χ3n) is 3.41. The summed E-state index contributed by atoms with van der Waals surface area (Å²) in [7, 11) is -2.86. The van der Waals surface area contributed by atoms with Gasteiger partial charge in [-0.15, -0.1) is 0 Å². The maximum atomic E-state index is 12.7. The largest absolute Gasteiger partial charge is 0.387 e. The summed E-state index contributed by atoms with van der Waals surface area (Å²) in [4.78, 5) is 0. The lowest BCUT2D eigenvalue weighted by molar-refractivity contribution is 0.168. The van der Waals surface area contributed by atoms with E-state index in [1.165, 1.54) is 12.1 Å². The van der Waals surface area contributed by atoms with Crippen LogP contribution in [0, 0.1) is 5.82 Å². The van der Waals surface area contributed by atoms with Gasteiger partial charge in [0.15, 0.2) is 0 Å². The molecule has 0 aliphatic carbocycles. The lowest BCUT2D eigenvalue weighted by atomic mass is 10.1. The highest BCUT2D eigenvalue weighted by Crippen LogP contribution is 2.15. The van der Waals surface area contributed by atoms with Crippen LogP contribution >= 0.6 is 0 Å². The van der Waals surface area contributed by atoms with E-state index >= 15 is 0 Å². The van der Waals surface area contributed by atoms with E-state index < -0.39 is 15.9 Å². The van der Waals surface area contributed by atoms with Crippen molar-refractivity contribution in [3.63, 3.8) is 0 Å². The first-order valence-corrected chi connectivity index (χ1v) is 8.16. The van der Waals surface area contributed by atoms with Gasteiger partial charge in [-0.3, -0.25) is 0 Å². The van der Waals surface area contributed by atoms with E-state index in [9.17, 15) is 17.9 Å². The standard InChI is InChI=1S/C13H18FNO3S/c14-11-3-1-10(2-4-11)13(16)9-15-12-5-7-19(17,18)8-6-12/h1-4,12-13,15-16H,5-9H2. The summed E-state index contributed by atoms with van der Waals surface area (Å²) in [5.74, 6) is 0.0793. The molecule has 0 amide bonds. The number of rotatable bonds is 4. The summed E-state index contributed by atoms with van der Waals surface area (Å²) in [5.41, 5.74) is 0.650. The molecule has 1 aromatic rings. The van der Waals surface area contributed by atoms with E-state index in [-0.39, 0.29) is 23.4 Å². The predicted octanol–water partition coefficient (Wildman–Crippen LogP) is 1.03. The SMILES string of the molecule is O=S1(=O)CCC(NCC(O)c2ccc(F)cc2)CC1. The summed E-state index contributed by atoms with van der Waals surface area (Å²) in [6.07, 6.45) is 0.454. The van der Waals surface area contributed by atoms with Gasteiger partial charge >= 0.3 is 0 Å². The average Bonchev–Trinajstić information content (AvgIpc) is 2.38. The monoisotopic (exact) mass is 287 g/mol. The summed E-state index contributed by atoms with van der Waals surface area (Å²) in [6.45, 7) is 0.344. The van der Waals surface area contributed by atoms with Gasteiger partial charge in [-0.2, -0.15) is 0 Å². The maximum absolute atomic E-state index is 12.7. The molecule has 1 aliphatic rings. The van der Waals surface area contributed by atoms with Gasteiger partial charge in [-0.1, -0.05) is 12.1 Å². The molecule has 1 unspecified atom stereocenters. The van der Waals surface area contributed by atoms with Crippen molar-refractivity contribution in [1.29, 1.82) is 0 Å². The number of sulfone groups is 1. The number of aliphatic hydroxyl groups excluding tert-OH is 1. The molecule has 1 heterocycles. The first-order valence-electron chi connectivity index (χ1n) is 6.33. The van der Waals surface area contributed by atoms with Crippen LogP contribution in [0.25, 0.3) is 0 Å². The summed E-state index contributed by atoms with van der Waals surface area (Å²) in [5, 5.41) is 13.1. The molecule has 4 nitrogen and oxygen atoms in total. The average molecular weight is 287 g/mol. The van der Waals surface area contributed by atoms with E-state index in [1.807, 2.05) is 0 Å². The zero-order chi connectivity index (χ0) is 13.9. The smallest absolute Gasteiger partial charge is 0.150 e. The molecule has 0 radical (unpaired) electrons. The maximum Gasteiger partial charge on any atom is 0.150 e. The van der Waals surface area contributed by atoms with Crippen LogP contribution in [0.15, 0.2) is 24.3 Å². The lowest BCUT2D eigenvalue weighted by Gasteiger charge is -2.24. The molecule has 1 atom stereocenters. The highest BCUT2D eigenvalue weighted by Gasteiger charge is 2.23. The number of hydrogen-bond acceptors (Lipinski definition) is 4. The quantitative estimate of drug-likeness (QED) is 0.868. The van der Waals surface area contributed by atoms with Crippen LogP contribution in [0.5, 0.6) is 0 Å². The molecule has 1 aromatic carbocycles. The summed E-state index contributed by atoms with van der Waals surface area (Å²) in [6, 6.07) is 5.84. The normalized spacial score (nSPS) is 21.2. The van der Waals surface area contributed by atoms with Crippen molar-refractivity contribution in [3.05, 3.63) is 35.6 Å². The molecule has 6 heteroatoms. The van der Waals surface area contributed by atoms with E-state index in [0.29, 0.717) is 24.9 Å². The molecule has 1 saturated heterocycles. The fourth-order valence-electron chi connectivity index (χ4n) is 2.18. The molecule has 2 rings (SSSR count). The van der Waals surface area contributed by atoms with Crippen LogP contribution < -0.4 is 5.32 Å². The molecular weight excluding hydrogens is 269 g/mol. The Hall–Kier alpha value is -0.980. The second-order valence-corrected chi connectivity index (χ2v) is 7.21. The van der Waals surface area contributed by atoms with Gasteiger partial charge in [-0.05, 0) is 30.5 Å². The molecule has 106 valence electrons. The molecule has 1 aliphatic heterocycles. The van der Waals surface area contributed by atoms with Crippen LogP contribution in [-0.4, -0.2) is 37.6 Å². The first kappa shape index (κ1) is 14.4. The van der Waals surface area contributed by atoms with Crippen molar-refractivity contribution >= 4 is 9.84 Å². The van der Waals surface area contributed by atoms with Crippen LogP contribution in [0.2, 0.25) is 0 Å². The molecule has 0 bridgehead atoms. The molecule has 0 spiro atoms. The number of aliphatic hydroxyl groups is 1. The number of hydrogen-bond donors (Lipinski definition) is 2. The minimum Gasteiger partial charge on any atom is -0.387 e. The van der Waals surface area contributed by atoms with Crippen molar-refractivity contribution < 1.29 is 17.9 Å². The van der Waals surface area contributed by atoms with E-state index in [0.717, 1.165) is 0 Å². The summed E-state index contributed by atoms with van der Waals surface area (Å²) >= 11 is 0. The lowest BCUT2D eigenvalue weighted by Crippen LogP contribution is -2.39. The molecule has 1 fully saturated rings. The third-order valence-corrected chi connectivity index (χ3v) is 5.12. The van der Waals surface area contributed by atoms with Gasteiger partial charge < -0.3 is 10.4 Å². The second-order valence-electron chi connectivity index (χ2n) is 4.90. The van der Waals surface area contributed by atoms with E-state index in [2.05, 4.69) is 5.32 Å². The Kier molecular flexibility index (Phi) is 4.54. The topological polar surface area (TPSA) is 66.4 Å². The van der Waals surface area contributed by atoms with Crippen molar-refractivity contribution in [2.24, 2.45) is 0 Å². The molecule has 0 aromatic heterocycles. The first-order chi connectivity index (χ1) is 8.96. The second kappa shape index (κ2) is 5.98. The fraction of sp³-hybridized carbons (Fsp3) is 0.538. The highest BCUT2D eigenvalue weighted by molar-refractivity contribution is 7.91. The van der Waals surface area contributed by atoms with Crippen molar-refractivity contribution in [1.82, 2.24) is 5.32 Å². The Labute approximate surface area is 112 Å². The molecule has 2 N–H and O–H groups in total. The zero-order valence-electron chi connectivity index (χ0n) is 10.5. The van der Waals surface area contributed by atoms with Crippen molar-refractivity contribution in [3.8, 4) is 0 Å². The Morgan fingerprint density at radius 3 is 2.42 bits per heavy atom. The van der Waals surface area contributed by atoms with Gasteiger partial charge in [-0.25, -0.2) is 12.8 Å². The van der Waals surface area contributed by atoms with Crippen LogP contribution in [-0.2, 0) is 9.84 Å². The van der Waals surface area contributed by atoms with Crippen LogP contribution in [0.3, 0.4) is 0 Å². The minimum absolute atomic E-state index is 0.124. The van der Waals surface area contributed by atoms with E-state index in [1.54, 1.807) is 12.1 Å². The molecular formula is C13H18FNO3S. The zero-order valence-corrected chi connectivity index (χ0v) is 11.4. The van der Waals surface area contributed by atoms with Crippen molar-refractivity contribution in [2.45, 2.75) is 25.0 Å². The van der Waals surface area contributed by atoms with Gasteiger partial charge in [0, 0.05) is 12.6 Å². The van der Waals surface area contributed by atoms with Crippen LogP contribution in [0.1, 0.15) is 24.5 Å². The Balaban J connectivity index is 1.81.